The Balaban J connectivity index is 1.58. The van der Waals surface area contributed by atoms with E-state index in [0.717, 1.165) is 59.2 Å². The number of rotatable bonds is 1. The second-order valence-electron chi connectivity index (χ2n) is 7.37. The minimum absolute atomic E-state index is 0.147. The summed E-state index contributed by atoms with van der Waals surface area (Å²) < 4.78 is 6.01. The van der Waals surface area contributed by atoms with Gasteiger partial charge in [0.15, 0.2) is 0 Å². The van der Waals surface area contributed by atoms with Gasteiger partial charge in [0.05, 0.1) is 23.5 Å². The standard InChI is InChI=1S/C20H25N3O2S/c1-14-3-5-22(6-4-14)20(24)23-7-8-25-19-15(2)9-16(10-17(19)12-23)18-11-21-13-26-18/h9-11,13-14H,3-8,12H2,1-2H3. The summed E-state index contributed by atoms with van der Waals surface area (Å²) in [5, 5.41) is 0. The zero-order chi connectivity index (χ0) is 18.1. The van der Waals surface area contributed by atoms with Crippen molar-refractivity contribution in [3.05, 3.63) is 35.0 Å². The smallest absolute Gasteiger partial charge is 0.320 e. The molecule has 1 saturated heterocycles. The van der Waals surface area contributed by atoms with Crippen LogP contribution in [0, 0.1) is 12.8 Å². The Morgan fingerprint density at radius 3 is 2.77 bits per heavy atom. The number of hydrogen-bond acceptors (Lipinski definition) is 4. The van der Waals surface area contributed by atoms with E-state index in [9.17, 15) is 4.79 Å². The van der Waals surface area contributed by atoms with Crippen molar-refractivity contribution in [3.8, 4) is 16.2 Å². The molecule has 0 aliphatic carbocycles. The summed E-state index contributed by atoms with van der Waals surface area (Å²) in [5.41, 5.74) is 5.20. The number of aryl methyl sites for hydroxylation is 1. The summed E-state index contributed by atoms with van der Waals surface area (Å²) in [6, 6.07) is 4.45. The third kappa shape index (κ3) is 3.43. The monoisotopic (exact) mass is 371 g/mol. The van der Waals surface area contributed by atoms with E-state index in [4.69, 9.17) is 4.74 Å². The lowest BCUT2D eigenvalue weighted by Gasteiger charge is -2.34. The third-order valence-corrected chi connectivity index (χ3v) is 6.18. The second kappa shape index (κ2) is 7.27. The molecule has 2 aliphatic heterocycles. The maximum Gasteiger partial charge on any atom is 0.320 e. The van der Waals surface area contributed by atoms with Crippen molar-refractivity contribution in [1.82, 2.24) is 14.8 Å². The van der Waals surface area contributed by atoms with Crippen molar-refractivity contribution in [1.29, 1.82) is 0 Å². The summed E-state index contributed by atoms with van der Waals surface area (Å²) in [6.45, 7) is 7.86. The van der Waals surface area contributed by atoms with Gasteiger partial charge in [-0.05, 0) is 48.9 Å². The highest BCUT2D eigenvalue weighted by Crippen LogP contribution is 2.34. The fraction of sp³-hybridized carbons (Fsp3) is 0.500. The predicted molar refractivity (Wildman–Crippen MR) is 104 cm³/mol. The number of amides is 2. The number of nitrogens with zero attached hydrogens (tertiary/aromatic N) is 3. The Kier molecular flexibility index (Phi) is 4.85. The van der Waals surface area contributed by atoms with E-state index in [0.29, 0.717) is 19.7 Å². The van der Waals surface area contributed by atoms with Gasteiger partial charge >= 0.3 is 6.03 Å². The molecule has 6 heteroatoms. The molecule has 0 saturated carbocycles. The van der Waals surface area contributed by atoms with Crippen molar-refractivity contribution in [2.75, 3.05) is 26.2 Å². The van der Waals surface area contributed by atoms with E-state index in [1.165, 1.54) is 0 Å². The molecule has 0 atom stereocenters. The van der Waals surface area contributed by atoms with Crippen molar-refractivity contribution >= 4 is 17.4 Å². The van der Waals surface area contributed by atoms with Gasteiger partial charge in [-0.25, -0.2) is 4.79 Å². The molecular weight excluding hydrogens is 346 g/mol. The minimum Gasteiger partial charge on any atom is -0.491 e. The molecule has 0 bridgehead atoms. The quantitative estimate of drug-likeness (QED) is 0.756. The Labute approximate surface area is 158 Å². The first-order chi connectivity index (χ1) is 12.6. The summed E-state index contributed by atoms with van der Waals surface area (Å²) in [5.74, 6) is 1.65. The van der Waals surface area contributed by atoms with Gasteiger partial charge in [0.2, 0.25) is 0 Å². The van der Waals surface area contributed by atoms with Crippen LogP contribution in [0.3, 0.4) is 0 Å². The highest BCUT2D eigenvalue weighted by atomic mass is 32.1. The Morgan fingerprint density at radius 1 is 1.23 bits per heavy atom. The van der Waals surface area contributed by atoms with Crippen LogP contribution in [-0.4, -0.2) is 47.1 Å². The first kappa shape index (κ1) is 17.3. The zero-order valence-corrected chi connectivity index (χ0v) is 16.2. The van der Waals surface area contributed by atoms with Gasteiger partial charge < -0.3 is 14.5 Å². The fourth-order valence-electron chi connectivity index (χ4n) is 3.78. The van der Waals surface area contributed by atoms with Crippen LogP contribution < -0.4 is 4.74 Å². The van der Waals surface area contributed by atoms with E-state index >= 15 is 0 Å². The normalized spacial score (nSPS) is 18.2. The SMILES string of the molecule is Cc1cc(-c2cncs2)cc2c1OCCN(C(=O)N1CCC(C)CC1)C2. The van der Waals surface area contributed by atoms with E-state index in [1.54, 1.807) is 11.3 Å². The fourth-order valence-corrected chi connectivity index (χ4v) is 4.39. The topological polar surface area (TPSA) is 45.7 Å². The van der Waals surface area contributed by atoms with Crippen LogP contribution in [0.25, 0.3) is 10.4 Å². The van der Waals surface area contributed by atoms with Crippen molar-refractivity contribution in [2.24, 2.45) is 5.92 Å². The number of benzene rings is 1. The maximum atomic E-state index is 13.0. The first-order valence-corrected chi connectivity index (χ1v) is 10.2. The van der Waals surface area contributed by atoms with Crippen molar-refractivity contribution in [3.63, 3.8) is 0 Å². The molecule has 2 aromatic rings. The summed E-state index contributed by atoms with van der Waals surface area (Å²) in [4.78, 5) is 22.3. The molecular formula is C20H25N3O2S. The van der Waals surface area contributed by atoms with Crippen LogP contribution in [0.1, 0.15) is 30.9 Å². The third-order valence-electron chi connectivity index (χ3n) is 5.36. The van der Waals surface area contributed by atoms with Gasteiger partial charge in [-0.15, -0.1) is 11.3 Å². The molecule has 0 spiro atoms. The van der Waals surface area contributed by atoms with Gasteiger partial charge in [0, 0.05) is 24.8 Å². The maximum absolute atomic E-state index is 13.0. The van der Waals surface area contributed by atoms with E-state index in [2.05, 4.69) is 31.0 Å². The molecule has 26 heavy (non-hydrogen) atoms. The number of urea groups is 1. The van der Waals surface area contributed by atoms with Gasteiger partial charge in [0.25, 0.3) is 0 Å². The van der Waals surface area contributed by atoms with Crippen LogP contribution in [0.5, 0.6) is 5.75 Å². The number of fused-ring (bicyclic) bond motifs is 1. The number of hydrogen-bond donors (Lipinski definition) is 0. The molecule has 4 rings (SSSR count). The van der Waals surface area contributed by atoms with Crippen LogP contribution in [-0.2, 0) is 6.54 Å². The lowest BCUT2D eigenvalue weighted by molar-refractivity contribution is 0.129. The van der Waals surface area contributed by atoms with Gasteiger partial charge in [-0.3, -0.25) is 4.98 Å². The summed E-state index contributed by atoms with van der Waals surface area (Å²) in [7, 11) is 0. The second-order valence-corrected chi connectivity index (χ2v) is 8.26. The predicted octanol–water partition coefficient (Wildman–Crippen LogP) is 4.16. The van der Waals surface area contributed by atoms with Crippen molar-refractivity contribution < 1.29 is 9.53 Å². The Hall–Kier alpha value is -2.08. The number of likely N-dealkylation sites (tertiary alicyclic amines) is 1. The number of piperidine rings is 1. The molecule has 5 nitrogen and oxygen atoms in total. The largest absolute Gasteiger partial charge is 0.491 e. The molecule has 1 fully saturated rings. The lowest BCUT2D eigenvalue weighted by atomic mass is 9.99. The molecule has 2 amide bonds. The van der Waals surface area contributed by atoms with E-state index in [1.807, 2.05) is 21.5 Å². The average molecular weight is 372 g/mol. The van der Waals surface area contributed by atoms with Crippen LogP contribution in [0.4, 0.5) is 4.79 Å². The molecule has 0 N–H and O–H groups in total. The van der Waals surface area contributed by atoms with Crippen LogP contribution in [0.2, 0.25) is 0 Å². The van der Waals surface area contributed by atoms with E-state index in [-0.39, 0.29) is 6.03 Å². The minimum atomic E-state index is 0.147. The summed E-state index contributed by atoms with van der Waals surface area (Å²) in [6.07, 6.45) is 4.09. The Morgan fingerprint density at radius 2 is 2.04 bits per heavy atom. The molecule has 1 aromatic heterocycles. The van der Waals surface area contributed by atoms with Crippen LogP contribution >= 0.6 is 11.3 Å². The lowest BCUT2D eigenvalue weighted by Crippen LogP contribution is -2.46. The van der Waals surface area contributed by atoms with Gasteiger partial charge in [-0.2, -0.15) is 0 Å². The Bertz CT molecular complexity index is 783. The van der Waals surface area contributed by atoms with Gasteiger partial charge in [0.1, 0.15) is 12.4 Å². The first-order valence-electron chi connectivity index (χ1n) is 9.31. The molecule has 3 heterocycles. The molecule has 0 radical (unpaired) electrons. The molecule has 0 unspecified atom stereocenters. The van der Waals surface area contributed by atoms with Crippen LogP contribution in [0.15, 0.2) is 23.8 Å². The number of aromatic nitrogens is 1. The molecule has 138 valence electrons. The molecule has 1 aromatic carbocycles. The highest BCUT2D eigenvalue weighted by molar-refractivity contribution is 7.13. The zero-order valence-electron chi connectivity index (χ0n) is 15.4. The average Bonchev–Trinajstić information content (AvgIpc) is 3.08. The highest BCUT2D eigenvalue weighted by Gasteiger charge is 2.27. The number of carbonyl (C=O) groups excluding carboxylic acids is 1. The van der Waals surface area contributed by atoms with E-state index < -0.39 is 0 Å². The number of carbonyl (C=O) groups is 1. The number of ether oxygens (including phenoxy) is 1. The molecule has 2 aliphatic rings. The number of thiazole rings is 1. The van der Waals surface area contributed by atoms with Gasteiger partial charge in [-0.1, -0.05) is 6.92 Å². The van der Waals surface area contributed by atoms with Crippen molar-refractivity contribution in [2.45, 2.75) is 33.2 Å². The summed E-state index contributed by atoms with van der Waals surface area (Å²) >= 11 is 1.63.